The number of nitrogens with one attached hydrogen (secondary N) is 1. The fourth-order valence-electron chi connectivity index (χ4n) is 1.64. The lowest BCUT2D eigenvalue weighted by atomic mass is 10.1. The SMILES string of the molecule is CC(N[C@@H](C)c1ccncc1)c1nccs1. The van der Waals surface area contributed by atoms with E-state index in [1.54, 1.807) is 11.3 Å². The molecule has 0 aliphatic heterocycles. The topological polar surface area (TPSA) is 37.8 Å². The van der Waals surface area contributed by atoms with Gasteiger partial charge in [-0.05, 0) is 31.5 Å². The Balaban J connectivity index is 2.00. The largest absolute Gasteiger partial charge is 0.302 e. The normalized spacial score (nSPS) is 14.6. The summed E-state index contributed by atoms with van der Waals surface area (Å²) in [4.78, 5) is 8.33. The number of nitrogens with zero attached hydrogens (tertiary/aromatic N) is 2. The summed E-state index contributed by atoms with van der Waals surface area (Å²) < 4.78 is 0. The van der Waals surface area contributed by atoms with Crippen LogP contribution in [0.2, 0.25) is 0 Å². The molecule has 3 nitrogen and oxygen atoms in total. The minimum Gasteiger partial charge on any atom is -0.302 e. The molecule has 84 valence electrons. The summed E-state index contributed by atoms with van der Waals surface area (Å²) in [6.07, 6.45) is 5.48. The average Bonchev–Trinajstić information content (AvgIpc) is 2.83. The Kier molecular flexibility index (Phi) is 3.64. The van der Waals surface area contributed by atoms with Crippen LogP contribution >= 0.6 is 11.3 Å². The van der Waals surface area contributed by atoms with Crippen LogP contribution in [0, 0.1) is 0 Å². The maximum Gasteiger partial charge on any atom is 0.109 e. The van der Waals surface area contributed by atoms with Gasteiger partial charge in [0.05, 0.1) is 6.04 Å². The average molecular weight is 233 g/mol. The van der Waals surface area contributed by atoms with E-state index in [-0.39, 0.29) is 6.04 Å². The lowest BCUT2D eigenvalue weighted by molar-refractivity contribution is 0.493. The van der Waals surface area contributed by atoms with Crippen molar-refractivity contribution in [2.24, 2.45) is 0 Å². The van der Waals surface area contributed by atoms with E-state index in [1.807, 2.05) is 36.1 Å². The number of thiazole rings is 1. The van der Waals surface area contributed by atoms with Gasteiger partial charge in [-0.25, -0.2) is 4.98 Å². The van der Waals surface area contributed by atoms with Crippen molar-refractivity contribution in [3.05, 3.63) is 46.7 Å². The van der Waals surface area contributed by atoms with Gasteiger partial charge >= 0.3 is 0 Å². The fourth-order valence-corrected chi connectivity index (χ4v) is 2.30. The zero-order chi connectivity index (χ0) is 11.4. The van der Waals surface area contributed by atoms with Crippen LogP contribution in [0.5, 0.6) is 0 Å². The summed E-state index contributed by atoms with van der Waals surface area (Å²) in [6, 6.07) is 4.66. The fraction of sp³-hybridized carbons (Fsp3) is 0.333. The van der Waals surface area contributed by atoms with Crippen LogP contribution in [0.1, 0.15) is 36.5 Å². The molecule has 2 heterocycles. The first-order chi connectivity index (χ1) is 7.77. The van der Waals surface area contributed by atoms with E-state index in [0.717, 1.165) is 5.01 Å². The highest BCUT2D eigenvalue weighted by molar-refractivity contribution is 7.09. The Labute approximate surface area is 99.6 Å². The molecular formula is C12H15N3S. The highest BCUT2D eigenvalue weighted by atomic mass is 32.1. The van der Waals surface area contributed by atoms with E-state index in [1.165, 1.54) is 5.56 Å². The molecule has 0 aromatic carbocycles. The molecule has 0 spiro atoms. The molecule has 16 heavy (non-hydrogen) atoms. The van der Waals surface area contributed by atoms with E-state index in [0.29, 0.717) is 6.04 Å². The molecule has 1 N–H and O–H groups in total. The molecule has 0 amide bonds. The van der Waals surface area contributed by atoms with Crippen molar-refractivity contribution in [3.8, 4) is 0 Å². The van der Waals surface area contributed by atoms with Crippen molar-refractivity contribution in [1.82, 2.24) is 15.3 Å². The molecule has 0 aliphatic carbocycles. The van der Waals surface area contributed by atoms with E-state index in [9.17, 15) is 0 Å². The lowest BCUT2D eigenvalue weighted by Gasteiger charge is -2.18. The third kappa shape index (κ3) is 2.65. The van der Waals surface area contributed by atoms with Gasteiger partial charge in [0.25, 0.3) is 0 Å². The Bertz CT molecular complexity index is 413. The molecule has 0 saturated heterocycles. The molecule has 0 saturated carbocycles. The predicted octanol–water partition coefficient (Wildman–Crippen LogP) is 2.95. The smallest absolute Gasteiger partial charge is 0.109 e. The van der Waals surface area contributed by atoms with Gasteiger partial charge in [-0.3, -0.25) is 4.98 Å². The Hall–Kier alpha value is -1.26. The van der Waals surface area contributed by atoms with Crippen molar-refractivity contribution >= 4 is 11.3 Å². The third-order valence-corrected chi connectivity index (χ3v) is 3.49. The quantitative estimate of drug-likeness (QED) is 0.882. The van der Waals surface area contributed by atoms with Crippen LogP contribution in [-0.4, -0.2) is 9.97 Å². The molecule has 4 heteroatoms. The summed E-state index contributed by atoms with van der Waals surface area (Å²) in [7, 11) is 0. The molecular weight excluding hydrogens is 218 g/mol. The molecule has 2 rings (SSSR count). The Morgan fingerprint density at radius 2 is 1.88 bits per heavy atom. The summed E-state index contributed by atoms with van der Waals surface area (Å²) in [5, 5.41) is 6.65. The van der Waals surface area contributed by atoms with Crippen LogP contribution in [0.3, 0.4) is 0 Å². The van der Waals surface area contributed by atoms with Crippen molar-refractivity contribution in [2.75, 3.05) is 0 Å². The van der Waals surface area contributed by atoms with Crippen molar-refractivity contribution in [2.45, 2.75) is 25.9 Å². The minimum atomic E-state index is 0.281. The second kappa shape index (κ2) is 5.18. The van der Waals surface area contributed by atoms with E-state index < -0.39 is 0 Å². The van der Waals surface area contributed by atoms with Crippen LogP contribution in [0.25, 0.3) is 0 Å². The molecule has 0 bridgehead atoms. The number of hydrogen-bond donors (Lipinski definition) is 1. The standard InChI is InChI=1S/C12H15N3S/c1-9(11-3-5-13-6-4-11)15-10(2)12-14-7-8-16-12/h3-10,15H,1-2H3/t9-,10?/m0/s1. The number of aromatic nitrogens is 2. The zero-order valence-corrected chi connectivity index (χ0v) is 10.2. The first-order valence-electron chi connectivity index (χ1n) is 5.32. The van der Waals surface area contributed by atoms with Gasteiger partial charge in [-0.15, -0.1) is 11.3 Å². The van der Waals surface area contributed by atoms with Crippen LogP contribution in [0.4, 0.5) is 0 Å². The Morgan fingerprint density at radius 1 is 1.12 bits per heavy atom. The van der Waals surface area contributed by atoms with Crippen LogP contribution in [-0.2, 0) is 0 Å². The second-order valence-corrected chi connectivity index (χ2v) is 4.69. The highest BCUT2D eigenvalue weighted by Crippen LogP contribution is 2.20. The van der Waals surface area contributed by atoms with Gasteiger partial charge < -0.3 is 5.32 Å². The molecule has 0 fully saturated rings. The molecule has 2 atom stereocenters. The van der Waals surface area contributed by atoms with Crippen molar-refractivity contribution < 1.29 is 0 Å². The van der Waals surface area contributed by atoms with E-state index in [4.69, 9.17) is 0 Å². The maximum atomic E-state index is 4.31. The molecule has 2 aromatic rings. The third-order valence-electron chi connectivity index (χ3n) is 2.53. The van der Waals surface area contributed by atoms with Gasteiger partial charge in [0.1, 0.15) is 5.01 Å². The molecule has 1 unspecified atom stereocenters. The summed E-state index contributed by atoms with van der Waals surface area (Å²) in [5.74, 6) is 0. The van der Waals surface area contributed by atoms with Crippen molar-refractivity contribution in [3.63, 3.8) is 0 Å². The lowest BCUT2D eigenvalue weighted by Crippen LogP contribution is -2.22. The van der Waals surface area contributed by atoms with Crippen LogP contribution < -0.4 is 5.32 Å². The van der Waals surface area contributed by atoms with Gasteiger partial charge in [-0.1, -0.05) is 0 Å². The summed E-state index contributed by atoms with van der Waals surface area (Å²) in [6.45, 7) is 4.29. The Morgan fingerprint density at radius 3 is 2.50 bits per heavy atom. The van der Waals surface area contributed by atoms with Crippen LogP contribution in [0.15, 0.2) is 36.1 Å². The molecule has 2 aromatic heterocycles. The van der Waals surface area contributed by atoms with Gasteiger partial charge in [0.2, 0.25) is 0 Å². The first kappa shape index (κ1) is 11.2. The summed E-state index contributed by atoms with van der Waals surface area (Å²) >= 11 is 1.68. The van der Waals surface area contributed by atoms with Crippen molar-refractivity contribution in [1.29, 1.82) is 0 Å². The van der Waals surface area contributed by atoms with E-state index >= 15 is 0 Å². The van der Waals surface area contributed by atoms with E-state index in [2.05, 4.69) is 29.1 Å². The van der Waals surface area contributed by atoms with Gasteiger partial charge in [0.15, 0.2) is 0 Å². The van der Waals surface area contributed by atoms with Gasteiger partial charge in [0, 0.05) is 30.0 Å². The number of rotatable bonds is 4. The monoisotopic (exact) mass is 233 g/mol. The molecule has 0 radical (unpaired) electrons. The predicted molar refractivity (Wildman–Crippen MR) is 66.3 cm³/mol. The summed E-state index contributed by atoms with van der Waals surface area (Å²) in [5.41, 5.74) is 1.25. The number of pyridine rings is 1. The zero-order valence-electron chi connectivity index (χ0n) is 9.42. The maximum absolute atomic E-state index is 4.31. The number of hydrogen-bond acceptors (Lipinski definition) is 4. The van der Waals surface area contributed by atoms with Gasteiger partial charge in [-0.2, -0.15) is 0 Å². The molecule has 0 aliphatic rings. The second-order valence-electron chi connectivity index (χ2n) is 3.76. The first-order valence-corrected chi connectivity index (χ1v) is 6.20. The highest BCUT2D eigenvalue weighted by Gasteiger charge is 2.12. The minimum absolute atomic E-state index is 0.281.